The molecule has 0 aliphatic carbocycles. The fourth-order valence-electron chi connectivity index (χ4n) is 2.81. The predicted octanol–water partition coefficient (Wildman–Crippen LogP) is 0.583. The quantitative estimate of drug-likeness (QED) is 0.458. The van der Waals surface area contributed by atoms with Gasteiger partial charge in [0.15, 0.2) is 17.6 Å². The first-order valence-electron chi connectivity index (χ1n) is 8.34. The Hall–Kier alpha value is -2.58. The van der Waals surface area contributed by atoms with Crippen LogP contribution in [0.5, 0.6) is 0 Å². The second kappa shape index (κ2) is 8.04. The lowest BCUT2D eigenvalue weighted by Crippen LogP contribution is -2.57. The fourth-order valence-corrected chi connectivity index (χ4v) is 2.81. The van der Waals surface area contributed by atoms with E-state index in [1.54, 1.807) is 23.3 Å². The third-order valence-electron chi connectivity index (χ3n) is 4.32. The van der Waals surface area contributed by atoms with E-state index in [0.717, 1.165) is 0 Å². The average Bonchev–Trinajstić information content (AvgIpc) is 3.02. The Balaban J connectivity index is 2.06. The summed E-state index contributed by atoms with van der Waals surface area (Å²) < 4.78 is 45.6. The molecule has 0 saturated carbocycles. The van der Waals surface area contributed by atoms with Crippen molar-refractivity contribution in [3.05, 3.63) is 46.4 Å². The molecule has 1 fully saturated rings. The van der Waals surface area contributed by atoms with Crippen molar-refractivity contribution in [3.63, 3.8) is 0 Å². The van der Waals surface area contributed by atoms with Crippen LogP contribution in [0.2, 0.25) is 0 Å². The summed E-state index contributed by atoms with van der Waals surface area (Å²) in [5.41, 5.74) is -3.76. The molecule has 5 N–H and O–H groups in total. The molecule has 0 amide bonds. The van der Waals surface area contributed by atoms with Gasteiger partial charge in [0.25, 0.3) is 5.56 Å². The molecule has 13 heteroatoms. The van der Waals surface area contributed by atoms with Crippen LogP contribution < -0.4 is 5.56 Å². The first-order valence-corrected chi connectivity index (χ1v) is 8.34. The maximum atomic E-state index is 13.4. The molecule has 1 aromatic heterocycles. The van der Waals surface area contributed by atoms with Gasteiger partial charge in [-0.3, -0.25) is 9.89 Å². The van der Waals surface area contributed by atoms with Crippen LogP contribution >= 0.6 is 0 Å². The predicted molar refractivity (Wildman–Crippen MR) is 89.7 cm³/mol. The highest BCUT2D eigenvalue weighted by Gasteiger charge is 2.47. The zero-order valence-electron chi connectivity index (χ0n) is 14.6. The molecule has 0 spiro atoms. The lowest BCUT2D eigenvalue weighted by molar-refractivity contribution is -0.254. The van der Waals surface area contributed by atoms with E-state index in [9.17, 15) is 38.4 Å². The number of aromatic amines is 1. The number of nitrogens with zero attached hydrogens (tertiary/aromatic N) is 3. The highest BCUT2D eigenvalue weighted by Crippen LogP contribution is 2.35. The Bertz CT molecular complexity index is 927. The molecular weight excluding hydrogens is 401 g/mol. The molecule has 10 nitrogen and oxygen atoms in total. The number of H-pyrrole nitrogens is 1. The SMILES string of the molecule is O=c1c(N=Nc2ccccc2)c(C(F)(F)F)[nH]n1[C@@H]1O[C@H](CO)[C@@H](O)[C@H](O)[C@H]1O. The van der Waals surface area contributed by atoms with E-state index in [-0.39, 0.29) is 10.4 Å². The van der Waals surface area contributed by atoms with E-state index in [0.29, 0.717) is 0 Å². The van der Waals surface area contributed by atoms with Crippen LogP contribution in [0.25, 0.3) is 0 Å². The highest BCUT2D eigenvalue weighted by molar-refractivity contribution is 5.43. The third kappa shape index (κ3) is 4.09. The maximum absolute atomic E-state index is 13.4. The first-order chi connectivity index (χ1) is 13.6. The van der Waals surface area contributed by atoms with E-state index in [1.165, 1.54) is 12.1 Å². The molecule has 0 bridgehead atoms. The summed E-state index contributed by atoms with van der Waals surface area (Å²) in [7, 11) is 0. The molecule has 1 aromatic carbocycles. The molecule has 1 aliphatic rings. The Labute approximate surface area is 160 Å². The summed E-state index contributed by atoms with van der Waals surface area (Å²) in [5, 5.41) is 47.7. The van der Waals surface area contributed by atoms with Gasteiger partial charge in [0.2, 0.25) is 0 Å². The monoisotopic (exact) mass is 418 g/mol. The van der Waals surface area contributed by atoms with Crippen LogP contribution in [0.1, 0.15) is 11.9 Å². The van der Waals surface area contributed by atoms with Gasteiger partial charge in [0.05, 0.1) is 12.3 Å². The number of hydrogen-bond donors (Lipinski definition) is 5. The van der Waals surface area contributed by atoms with Crippen LogP contribution in [-0.4, -0.2) is 61.2 Å². The Kier molecular flexibility index (Phi) is 5.86. The van der Waals surface area contributed by atoms with Crippen molar-refractivity contribution in [1.82, 2.24) is 9.78 Å². The number of aromatic nitrogens is 2. The summed E-state index contributed by atoms with van der Waals surface area (Å²) in [6.45, 7) is -0.816. The van der Waals surface area contributed by atoms with Crippen LogP contribution in [0, 0.1) is 0 Å². The van der Waals surface area contributed by atoms with Gasteiger partial charge in [-0.15, -0.1) is 5.11 Å². The zero-order chi connectivity index (χ0) is 21.3. The number of aliphatic hydroxyl groups is 4. The van der Waals surface area contributed by atoms with Crippen LogP contribution in [0.4, 0.5) is 24.5 Å². The van der Waals surface area contributed by atoms with Gasteiger partial charge < -0.3 is 25.2 Å². The zero-order valence-corrected chi connectivity index (χ0v) is 14.6. The van der Waals surface area contributed by atoms with Gasteiger partial charge in [-0.1, -0.05) is 18.2 Å². The fraction of sp³-hybridized carbons (Fsp3) is 0.438. The Morgan fingerprint density at radius 2 is 1.72 bits per heavy atom. The van der Waals surface area contributed by atoms with Gasteiger partial charge in [-0.05, 0) is 12.1 Å². The van der Waals surface area contributed by atoms with Gasteiger partial charge in [-0.25, -0.2) is 4.68 Å². The van der Waals surface area contributed by atoms with Crippen molar-refractivity contribution in [2.45, 2.75) is 36.8 Å². The second-order valence-corrected chi connectivity index (χ2v) is 6.26. The number of rotatable bonds is 4. The van der Waals surface area contributed by atoms with E-state index in [1.807, 2.05) is 0 Å². The number of halogens is 3. The molecule has 5 atom stereocenters. The van der Waals surface area contributed by atoms with E-state index < -0.39 is 60.4 Å². The number of benzene rings is 1. The van der Waals surface area contributed by atoms with E-state index in [2.05, 4.69) is 10.2 Å². The Morgan fingerprint density at radius 3 is 2.31 bits per heavy atom. The normalized spacial score (nSPS) is 28.2. The Morgan fingerprint density at radius 1 is 1.07 bits per heavy atom. The number of hydrogen-bond acceptors (Lipinski definition) is 8. The van der Waals surface area contributed by atoms with Crippen molar-refractivity contribution in [2.24, 2.45) is 10.2 Å². The van der Waals surface area contributed by atoms with Gasteiger partial charge in [-0.2, -0.15) is 18.3 Å². The van der Waals surface area contributed by atoms with Crippen molar-refractivity contribution >= 4 is 11.4 Å². The summed E-state index contributed by atoms with van der Waals surface area (Å²) in [4.78, 5) is 12.6. The van der Waals surface area contributed by atoms with Crippen molar-refractivity contribution in [1.29, 1.82) is 0 Å². The number of azo groups is 1. The van der Waals surface area contributed by atoms with Crippen LogP contribution in [0.15, 0.2) is 45.4 Å². The molecule has 29 heavy (non-hydrogen) atoms. The van der Waals surface area contributed by atoms with Crippen molar-refractivity contribution in [2.75, 3.05) is 6.61 Å². The van der Waals surface area contributed by atoms with Crippen molar-refractivity contribution in [3.8, 4) is 0 Å². The average molecular weight is 418 g/mol. The standard InChI is InChI=1S/C16H17F3N4O6/c17-16(18,19)13-9(21-20-7-4-2-1-3-5-7)14(28)23(22-13)15-12(27)11(26)10(25)8(6-24)29-15/h1-5,8,10-12,15,22,24-27H,6H2/t8-,10-,11+,12-,15-/m1/s1. The van der Waals surface area contributed by atoms with Crippen LogP contribution in [0.3, 0.4) is 0 Å². The number of ether oxygens (including phenoxy) is 1. The first kappa shape index (κ1) is 21.1. The largest absolute Gasteiger partial charge is 0.435 e. The minimum atomic E-state index is -5.02. The number of nitrogens with one attached hydrogen (secondary N) is 1. The smallest absolute Gasteiger partial charge is 0.394 e. The molecule has 2 heterocycles. The van der Waals surface area contributed by atoms with Crippen molar-refractivity contribution < 1.29 is 38.3 Å². The van der Waals surface area contributed by atoms with E-state index in [4.69, 9.17) is 4.74 Å². The topological polar surface area (TPSA) is 153 Å². The van der Waals surface area contributed by atoms with E-state index >= 15 is 0 Å². The molecule has 3 rings (SSSR count). The lowest BCUT2D eigenvalue weighted by Gasteiger charge is -2.39. The van der Waals surface area contributed by atoms with Gasteiger partial charge in [0.1, 0.15) is 24.4 Å². The number of aliphatic hydroxyl groups excluding tert-OH is 4. The summed E-state index contributed by atoms with van der Waals surface area (Å²) in [5.74, 6) is 0. The van der Waals surface area contributed by atoms with Gasteiger partial charge in [0, 0.05) is 0 Å². The molecule has 1 saturated heterocycles. The summed E-state index contributed by atoms with van der Waals surface area (Å²) >= 11 is 0. The third-order valence-corrected chi connectivity index (χ3v) is 4.32. The molecule has 158 valence electrons. The molecular formula is C16H17F3N4O6. The van der Waals surface area contributed by atoms with Gasteiger partial charge >= 0.3 is 6.18 Å². The van der Waals surface area contributed by atoms with Crippen LogP contribution in [-0.2, 0) is 10.9 Å². The molecule has 0 radical (unpaired) electrons. The minimum absolute atomic E-state index is 0.195. The summed E-state index contributed by atoms with van der Waals surface area (Å²) in [6.07, 6.45) is -13.9. The lowest BCUT2D eigenvalue weighted by atomic mass is 9.98. The molecule has 2 aromatic rings. The second-order valence-electron chi connectivity index (χ2n) is 6.26. The maximum Gasteiger partial charge on any atom is 0.435 e. The number of alkyl halides is 3. The molecule has 0 unspecified atom stereocenters. The highest BCUT2D eigenvalue weighted by atomic mass is 19.4. The summed E-state index contributed by atoms with van der Waals surface area (Å²) in [6, 6.07) is 7.71. The molecule has 1 aliphatic heterocycles. The minimum Gasteiger partial charge on any atom is -0.394 e.